The number of carbonyl (C=O) groups is 4. The molecule has 0 spiro atoms. The van der Waals surface area contributed by atoms with Gasteiger partial charge in [-0.2, -0.15) is 4.31 Å². The molecule has 12 nitrogen and oxygen atoms in total. The molecule has 40 heavy (non-hydrogen) atoms. The molecule has 0 atom stereocenters. The lowest BCUT2D eigenvalue weighted by Crippen LogP contribution is -2.41. The summed E-state index contributed by atoms with van der Waals surface area (Å²) < 4.78 is 32.6. The van der Waals surface area contributed by atoms with Crippen LogP contribution < -0.4 is 16.2 Å². The minimum absolute atomic E-state index is 0.0898. The van der Waals surface area contributed by atoms with Crippen LogP contribution in [-0.2, 0) is 32.5 Å². The number of nitrogens with zero attached hydrogens (tertiary/aromatic N) is 2. The van der Waals surface area contributed by atoms with E-state index in [0.717, 1.165) is 11.3 Å². The van der Waals surface area contributed by atoms with Crippen LogP contribution in [0, 0.1) is 0 Å². The van der Waals surface area contributed by atoms with Crippen molar-refractivity contribution in [1.29, 1.82) is 0 Å². The smallest absolute Gasteiger partial charge is 0.410 e. The predicted molar refractivity (Wildman–Crippen MR) is 150 cm³/mol. The van der Waals surface area contributed by atoms with Crippen molar-refractivity contribution in [2.24, 2.45) is 0 Å². The Balaban J connectivity index is 1.87. The van der Waals surface area contributed by atoms with E-state index in [-0.39, 0.29) is 34.2 Å². The van der Waals surface area contributed by atoms with Crippen LogP contribution in [0.2, 0.25) is 0 Å². The number of amides is 4. The van der Waals surface area contributed by atoms with Crippen LogP contribution in [0.5, 0.6) is 0 Å². The minimum atomic E-state index is -3.70. The highest BCUT2D eigenvalue weighted by Crippen LogP contribution is 2.37. The Hall–Kier alpha value is -3.49. The third-order valence-corrected chi connectivity index (χ3v) is 9.13. The molecule has 2 aromatic rings. The monoisotopic (exact) mass is 593 g/mol. The average molecular weight is 594 g/mol. The van der Waals surface area contributed by atoms with E-state index in [0.29, 0.717) is 49.3 Å². The maximum absolute atomic E-state index is 13.2. The van der Waals surface area contributed by atoms with Gasteiger partial charge >= 0.3 is 6.09 Å². The van der Waals surface area contributed by atoms with Crippen molar-refractivity contribution < 1.29 is 32.3 Å². The van der Waals surface area contributed by atoms with Crippen molar-refractivity contribution in [2.45, 2.75) is 58.4 Å². The Morgan fingerprint density at radius 2 is 1.65 bits per heavy atom. The molecule has 0 unspecified atom stereocenters. The zero-order chi connectivity index (χ0) is 29.4. The van der Waals surface area contributed by atoms with Gasteiger partial charge in [0.25, 0.3) is 11.8 Å². The largest absolute Gasteiger partial charge is 0.450 e. The standard InChI is InChI=1S/C26H35N5O7S2/c1-5-13-31(14-6-2)40(36,37)19-10-8-18(9-11-19)23(33)27-25-22(24(34)29-28-17(4)32)20-12-15-30(16-21(20)39-25)26(35)38-7-3/h8-11H,5-7,12-16H2,1-4H3,(H,27,33)(H,28,32)(H,29,34). The Morgan fingerprint density at radius 3 is 2.23 bits per heavy atom. The molecule has 0 aliphatic carbocycles. The number of ether oxygens (including phenoxy) is 1. The van der Waals surface area contributed by atoms with E-state index in [4.69, 9.17) is 4.74 Å². The molecule has 0 fully saturated rings. The van der Waals surface area contributed by atoms with Gasteiger partial charge in [0.15, 0.2) is 0 Å². The van der Waals surface area contributed by atoms with Gasteiger partial charge < -0.3 is 15.0 Å². The molecule has 2 heterocycles. The zero-order valence-electron chi connectivity index (χ0n) is 23.0. The molecule has 4 amide bonds. The quantitative estimate of drug-likeness (QED) is 0.358. The number of hydrazine groups is 1. The summed E-state index contributed by atoms with van der Waals surface area (Å²) in [7, 11) is -3.70. The first-order chi connectivity index (χ1) is 19.0. The van der Waals surface area contributed by atoms with Crippen LogP contribution >= 0.6 is 11.3 Å². The van der Waals surface area contributed by atoms with Gasteiger partial charge in [0.1, 0.15) is 5.00 Å². The molecule has 0 saturated heterocycles. The second-order valence-corrected chi connectivity index (χ2v) is 12.1. The second-order valence-electron chi connectivity index (χ2n) is 9.10. The van der Waals surface area contributed by atoms with E-state index in [9.17, 15) is 27.6 Å². The molecule has 3 rings (SSSR count). The van der Waals surface area contributed by atoms with Crippen molar-refractivity contribution in [3.8, 4) is 0 Å². The summed E-state index contributed by atoms with van der Waals surface area (Å²) in [5.74, 6) is -1.62. The van der Waals surface area contributed by atoms with Crippen LogP contribution in [0.4, 0.5) is 9.80 Å². The third-order valence-electron chi connectivity index (χ3n) is 6.09. The number of sulfonamides is 1. The van der Waals surface area contributed by atoms with Gasteiger partial charge in [-0.15, -0.1) is 11.3 Å². The molecule has 1 aromatic carbocycles. The molecule has 218 valence electrons. The Labute approximate surface area is 238 Å². The van der Waals surface area contributed by atoms with Crippen LogP contribution in [0.25, 0.3) is 0 Å². The van der Waals surface area contributed by atoms with Gasteiger partial charge in [-0.1, -0.05) is 13.8 Å². The molecular weight excluding hydrogens is 558 g/mol. The second kappa shape index (κ2) is 13.7. The maximum Gasteiger partial charge on any atom is 0.410 e. The minimum Gasteiger partial charge on any atom is -0.450 e. The summed E-state index contributed by atoms with van der Waals surface area (Å²) in [6.07, 6.45) is 1.24. The zero-order valence-corrected chi connectivity index (χ0v) is 24.7. The lowest BCUT2D eigenvalue weighted by Gasteiger charge is -2.26. The van der Waals surface area contributed by atoms with Crippen molar-refractivity contribution in [2.75, 3.05) is 31.6 Å². The molecule has 3 N–H and O–H groups in total. The SMILES string of the molecule is CCCN(CCC)S(=O)(=O)c1ccc(C(=O)Nc2sc3c(c2C(=O)NNC(C)=O)CCN(C(=O)OCC)C3)cc1. The first kappa shape index (κ1) is 31.0. The van der Waals surface area contributed by atoms with Crippen LogP contribution in [0.1, 0.15) is 71.7 Å². The summed E-state index contributed by atoms with van der Waals surface area (Å²) in [6, 6.07) is 5.63. The first-order valence-corrected chi connectivity index (χ1v) is 15.3. The highest BCUT2D eigenvalue weighted by Gasteiger charge is 2.31. The van der Waals surface area contributed by atoms with Crippen LogP contribution in [0.3, 0.4) is 0 Å². The first-order valence-electron chi connectivity index (χ1n) is 13.1. The Kier molecular flexibility index (Phi) is 10.7. The number of carbonyl (C=O) groups excluding carboxylic acids is 4. The number of thiophene rings is 1. The van der Waals surface area contributed by atoms with Gasteiger partial charge in [-0.3, -0.25) is 25.2 Å². The number of hydrogen-bond acceptors (Lipinski definition) is 8. The van der Waals surface area contributed by atoms with Gasteiger partial charge in [-0.25, -0.2) is 13.2 Å². The van der Waals surface area contributed by atoms with E-state index in [2.05, 4.69) is 16.2 Å². The van der Waals surface area contributed by atoms with E-state index in [1.807, 2.05) is 13.8 Å². The lowest BCUT2D eigenvalue weighted by molar-refractivity contribution is -0.119. The summed E-state index contributed by atoms with van der Waals surface area (Å²) >= 11 is 1.15. The van der Waals surface area contributed by atoms with Gasteiger partial charge in [0.05, 0.1) is 23.6 Å². The molecule has 1 aromatic heterocycles. The number of anilines is 1. The molecule has 0 bridgehead atoms. The van der Waals surface area contributed by atoms with Crippen molar-refractivity contribution >= 4 is 50.2 Å². The normalized spacial score (nSPS) is 13.0. The molecule has 1 aliphatic heterocycles. The van der Waals surface area contributed by atoms with Crippen molar-refractivity contribution in [3.63, 3.8) is 0 Å². The lowest BCUT2D eigenvalue weighted by atomic mass is 10.0. The number of benzene rings is 1. The Morgan fingerprint density at radius 1 is 1.00 bits per heavy atom. The fourth-order valence-electron chi connectivity index (χ4n) is 4.26. The third kappa shape index (κ3) is 7.17. The number of rotatable bonds is 10. The van der Waals surface area contributed by atoms with Crippen molar-refractivity contribution in [3.05, 3.63) is 45.8 Å². The molecule has 14 heteroatoms. The number of nitrogens with one attached hydrogen (secondary N) is 3. The van der Waals surface area contributed by atoms with Gasteiger partial charge in [0.2, 0.25) is 15.9 Å². The van der Waals surface area contributed by atoms with E-state index in [1.54, 1.807) is 6.92 Å². The number of fused-ring (bicyclic) bond motifs is 1. The summed E-state index contributed by atoms with van der Waals surface area (Å²) in [5, 5.41) is 3.00. The average Bonchev–Trinajstić information content (AvgIpc) is 3.28. The molecule has 0 saturated carbocycles. The fraction of sp³-hybridized carbons (Fsp3) is 0.462. The van der Waals surface area contributed by atoms with Crippen LogP contribution in [-0.4, -0.2) is 67.7 Å². The fourth-order valence-corrected chi connectivity index (χ4v) is 7.14. The van der Waals surface area contributed by atoms with Gasteiger partial charge in [0, 0.05) is 37.0 Å². The van der Waals surface area contributed by atoms with E-state index in [1.165, 1.54) is 40.4 Å². The summed E-state index contributed by atoms with van der Waals surface area (Å²) in [6.45, 7) is 8.33. The predicted octanol–water partition coefficient (Wildman–Crippen LogP) is 3.11. The highest BCUT2D eigenvalue weighted by atomic mass is 32.2. The van der Waals surface area contributed by atoms with Gasteiger partial charge in [-0.05, 0) is 56.0 Å². The summed E-state index contributed by atoms with van der Waals surface area (Å²) in [4.78, 5) is 52.1. The topological polar surface area (TPSA) is 154 Å². The molecule has 0 radical (unpaired) electrons. The van der Waals surface area contributed by atoms with E-state index >= 15 is 0 Å². The summed E-state index contributed by atoms with van der Waals surface area (Å²) in [5.41, 5.74) is 5.65. The van der Waals surface area contributed by atoms with Crippen LogP contribution in [0.15, 0.2) is 29.2 Å². The van der Waals surface area contributed by atoms with E-state index < -0.39 is 33.8 Å². The molecular formula is C26H35N5O7S2. The van der Waals surface area contributed by atoms with Crippen molar-refractivity contribution in [1.82, 2.24) is 20.1 Å². The highest BCUT2D eigenvalue weighted by molar-refractivity contribution is 7.89. The Bertz CT molecular complexity index is 1350. The number of hydrogen-bond donors (Lipinski definition) is 3. The molecule has 1 aliphatic rings. The maximum atomic E-state index is 13.2.